The number of carbonyl (C=O) groups excluding carboxylic acids is 1. The molecule has 0 spiro atoms. The van der Waals surface area contributed by atoms with E-state index >= 15 is 0 Å². The van der Waals surface area contributed by atoms with Crippen LogP contribution in [0.5, 0.6) is 0 Å². The minimum Gasteiger partial charge on any atom is -0.385 e. The van der Waals surface area contributed by atoms with Crippen molar-refractivity contribution in [3.05, 3.63) is 28.0 Å². The molecule has 0 bridgehead atoms. The van der Waals surface area contributed by atoms with E-state index in [9.17, 15) is 13.6 Å². The minimum atomic E-state index is -2.93. The summed E-state index contributed by atoms with van der Waals surface area (Å²) in [7, 11) is 0. The zero-order valence-corrected chi connectivity index (χ0v) is 9.84. The Kier molecular flexibility index (Phi) is 5.04. The zero-order valence-electron chi connectivity index (χ0n) is 8.33. The Labute approximate surface area is 106 Å². The van der Waals surface area contributed by atoms with Crippen molar-refractivity contribution < 1.29 is 18.7 Å². The van der Waals surface area contributed by atoms with Gasteiger partial charge in [-0.2, -0.15) is 0 Å². The molecule has 17 heavy (non-hydrogen) atoms. The third-order valence-electron chi connectivity index (χ3n) is 1.79. The fourth-order valence-electron chi connectivity index (χ4n) is 0.948. The molecular weight excluding hydrogens is 277 g/mol. The predicted octanol–water partition coefficient (Wildman–Crippen LogP) is 1.74. The summed E-state index contributed by atoms with van der Waals surface area (Å²) in [5.41, 5.74) is -0.180. The monoisotopic (exact) mass is 284 g/mol. The van der Waals surface area contributed by atoms with E-state index in [1.807, 2.05) is 0 Å². The highest BCUT2D eigenvalue weighted by molar-refractivity contribution is 6.34. The maximum absolute atomic E-state index is 12.0. The zero-order chi connectivity index (χ0) is 13.0. The first kappa shape index (κ1) is 14.1. The van der Waals surface area contributed by atoms with E-state index in [2.05, 4.69) is 10.3 Å². The summed E-state index contributed by atoms with van der Waals surface area (Å²) in [5.74, 6) is -0.780. The Morgan fingerprint density at radius 1 is 1.47 bits per heavy atom. The number of carbonyl (C=O) groups is 1. The SMILES string of the molecule is O=C(NCC(O)C(F)F)c1nc(Cl)ccc1Cl. The highest BCUT2D eigenvalue weighted by atomic mass is 35.5. The number of rotatable bonds is 4. The highest BCUT2D eigenvalue weighted by Crippen LogP contribution is 2.16. The maximum atomic E-state index is 12.0. The number of alkyl halides is 2. The lowest BCUT2D eigenvalue weighted by Gasteiger charge is -2.10. The van der Waals surface area contributed by atoms with Gasteiger partial charge in [-0.25, -0.2) is 13.8 Å². The molecule has 0 aliphatic carbocycles. The van der Waals surface area contributed by atoms with Crippen LogP contribution in [0.15, 0.2) is 12.1 Å². The molecule has 94 valence electrons. The smallest absolute Gasteiger partial charge is 0.271 e. The number of halogens is 4. The van der Waals surface area contributed by atoms with Gasteiger partial charge in [-0.15, -0.1) is 0 Å². The fourth-order valence-corrected chi connectivity index (χ4v) is 1.29. The average Bonchev–Trinajstić information content (AvgIpc) is 2.28. The molecule has 1 rings (SSSR count). The molecule has 0 fully saturated rings. The van der Waals surface area contributed by atoms with Crippen molar-refractivity contribution in [1.82, 2.24) is 10.3 Å². The van der Waals surface area contributed by atoms with Gasteiger partial charge in [0.2, 0.25) is 0 Å². The van der Waals surface area contributed by atoms with Crippen molar-refractivity contribution >= 4 is 29.1 Å². The molecular formula is C9H8Cl2F2N2O2. The summed E-state index contributed by atoms with van der Waals surface area (Å²) in [6, 6.07) is 2.74. The largest absolute Gasteiger partial charge is 0.385 e. The van der Waals surface area contributed by atoms with Crippen LogP contribution in [0.2, 0.25) is 10.2 Å². The van der Waals surface area contributed by atoms with Crippen molar-refractivity contribution in [3.63, 3.8) is 0 Å². The van der Waals surface area contributed by atoms with E-state index in [-0.39, 0.29) is 15.9 Å². The quantitative estimate of drug-likeness (QED) is 0.828. The number of amides is 1. The summed E-state index contributed by atoms with van der Waals surface area (Å²) in [4.78, 5) is 15.1. The fraction of sp³-hybridized carbons (Fsp3) is 0.333. The molecule has 1 heterocycles. The normalized spacial score (nSPS) is 12.6. The van der Waals surface area contributed by atoms with Crippen LogP contribution in [0.4, 0.5) is 8.78 Å². The molecule has 8 heteroatoms. The van der Waals surface area contributed by atoms with Gasteiger partial charge in [-0.1, -0.05) is 23.2 Å². The predicted molar refractivity (Wildman–Crippen MR) is 58.6 cm³/mol. The van der Waals surface area contributed by atoms with E-state index in [0.717, 1.165) is 0 Å². The number of hydrogen-bond donors (Lipinski definition) is 2. The molecule has 4 nitrogen and oxygen atoms in total. The molecule has 0 aromatic carbocycles. The summed E-state index contributed by atoms with van der Waals surface area (Å²) in [6.07, 6.45) is -4.87. The Morgan fingerprint density at radius 2 is 2.12 bits per heavy atom. The van der Waals surface area contributed by atoms with E-state index in [0.29, 0.717) is 0 Å². The van der Waals surface area contributed by atoms with Crippen molar-refractivity contribution in [3.8, 4) is 0 Å². The number of aromatic nitrogens is 1. The molecule has 1 aromatic rings. The summed E-state index contributed by atoms with van der Waals surface area (Å²) >= 11 is 11.2. The van der Waals surface area contributed by atoms with E-state index in [1.54, 1.807) is 0 Å². The van der Waals surface area contributed by atoms with Gasteiger partial charge in [0.05, 0.1) is 5.02 Å². The molecule has 1 aromatic heterocycles. The van der Waals surface area contributed by atoms with Crippen LogP contribution in [0.3, 0.4) is 0 Å². The van der Waals surface area contributed by atoms with Gasteiger partial charge in [-0.05, 0) is 12.1 Å². The summed E-state index contributed by atoms with van der Waals surface area (Å²) < 4.78 is 23.9. The molecule has 1 amide bonds. The van der Waals surface area contributed by atoms with Crippen LogP contribution in [0.1, 0.15) is 10.5 Å². The summed E-state index contributed by atoms with van der Waals surface area (Å²) in [5, 5.41) is 11.0. The first-order valence-corrected chi connectivity index (χ1v) is 5.24. The first-order valence-electron chi connectivity index (χ1n) is 4.48. The Morgan fingerprint density at radius 3 is 2.71 bits per heavy atom. The topological polar surface area (TPSA) is 62.2 Å². The lowest BCUT2D eigenvalue weighted by molar-refractivity contribution is -0.00272. The first-order chi connectivity index (χ1) is 7.91. The van der Waals surface area contributed by atoms with Gasteiger partial charge < -0.3 is 10.4 Å². The molecule has 0 aliphatic rings. The van der Waals surface area contributed by atoms with Crippen molar-refractivity contribution in [2.75, 3.05) is 6.54 Å². The molecule has 0 radical (unpaired) electrons. The van der Waals surface area contributed by atoms with Gasteiger partial charge in [0, 0.05) is 6.54 Å². The van der Waals surface area contributed by atoms with Gasteiger partial charge in [0.15, 0.2) is 0 Å². The van der Waals surface area contributed by atoms with Crippen LogP contribution in [0.25, 0.3) is 0 Å². The van der Waals surface area contributed by atoms with Crippen molar-refractivity contribution in [2.45, 2.75) is 12.5 Å². The van der Waals surface area contributed by atoms with Crippen LogP contribution >= 0.6 is 23.2 Å². The van der Waals surface area contributed by atoms with Gasteiger partial charge in [0.25, 0.3) is 12.3 Å². The summed E-state index contributed by atoms with van der Waals surface area (Å²) in [6.45, 7) is -0.596. The highest BCUT2D eigenvalue weighted by Gasteiger charge is 2.19. The van der Waals surface area contributed by atoms with Gasteiger partial charge >= 0.3 is 0 Å². The molecule has 2 N–H and O–H groups in total. The van der Waals surface area contributed by atoms with Crippen LogP contribution < -0.4 is 5.32 Å². The number of aliphatic hydroxyl groups is 1. The van der Waals surface area contributed by atoms with Gasteiger partial charge in [-0.3, -0.25) is 4.79 Å². The minimum absolute atomic E-state index is 0.0402. The maximum Gasteiger partial charge on any atom is 0.271 e. The number of pyridine rings is 1. The Balaban J connectivity index is 2.67. The third kappa shape index (κ3) is 4.07. The van der Waals surface area contributed by atoms with Gasteiger partial charge in [0.1, 0.15) is 17.0 Å². The second-order valence-electron chi connectivity index (χ2n) is 3.08. The van der Waals surface area contributed by atoms with Crippen molar-refractivity contribution in [2.24, 2.45) is 0 Å². The van der Waals surface area contributed by atoms with E-state index < -0.39 is 25.0 Å². The molecule has 0 saturated carbocycles. The lowest BCUT2D eigenvalue weighted by atomic mass is 10.3. The van der Waals surface area contributed by atoms with Crippen molar-refractivity contribution in [1.29, 1.82) is 0 Å². The number of hydrogen-bond acceptors (Lipinski definition) is 3. The Hall–Kier alpha value is -0.980. The molecule has 0 saturated heterocycles. The van der Waals surface area contributed by atoms with E-state index in [4.69, 9.17) is 28.3 Å². The molecule has 1 atom stereocenters. The van der Waals surface area contributed by atoms with Crippen LogP contribution in [-0.2, 0) is 0 Å². The molecule has 1 unspecified atom stereocenters. The molecule has 0 aliphatic heterocycles. The van der Waals surface area contributed by atoms with E-state index in [1.165, 1.54) is 12.1 Å². The van der Waals surface area contributed by atoms with Crippen LogP contribution in [0, 0.1) is 0 Å². The number of nitrogens with zero attached hydrogens (tertiary/aromatic N) is 1. The standard InChI is InChI=1S/C9H8Cl2F2N2O2/c10-4-1-2-6(11)15-7(4)9(17)14-3-5(16)8(12)13/h1-2,5,8,16H,3H2,(H,14,17). The Bertz CT molecular complexity index is 418. The van der Waals surface area contributed by atoms with Crippen LogP contribution in [-0.4, -0.2) is 35.1 Å². The number of aliphatic hydroxyl groups excluding tert-OH is 1. The third-order valence-corrected chi connectivity index (χ3v) is 2.31. The second kappa shape index (κ2) is 6.09. The number of nitrogens with one attached hydrogen (secondary N) is 1. The lowest BCUT2D eigenvalue weighted by Crippen LogP contribution is -2.36. The second-order valence-corrected chi connectivity index (χ2v) is 3.87. The average molecular weight is 285 g/mol.